The average Bonchev–Trinajstić information content (AvgIpc) is 3.14. The molecule has 0 fully saturated rings. The van der Waals surface area contributed by atoms with Crippen LogP contribution in [-0.4, -0.2) is 77.5 Å². The first kappa shape index (κ1) is 38.0. The number of para-hydroxylation sites is 1. The summed E-state index contributed by atoms with van der Waals surface area (Å²) in [6.45, 7) is 2.44. The van der Waals surface area contributed by atoms with Gasteiger partial charge in [0.15, 0.2) is 11.6 Å². The lowest BCUT2D eigenvalue weighted by molar-refractivity contribution is -0.140. The minimum atomic E-state index is -3.93. The number of nitrogens with zero attached hydrogens (tertiary/aromatic N) is 4. The van der Waals surface area contributed by atoms with E-state index >= 15 is 0 Å². The van der Waals surface area contributed by atoms with Gasteiger partial charge in [-0.25, -0.2) is 16.8 Å². The Labute approximate surface area is 294 Å². The molecule has 19 heteroatoms. The Balaban J connectivity index is 1.51. The fourth-order valence-corrected chi connectivity index (χ4v) is 5.99. The number of aromatic nitrogens is 2. The van der Waals surface area contributed by atoms with Gasteiger partial charge in [0.25, 0.3) is 0 Å². The van der Waals surface area contributed by atoms with Crippen LogP contribution in [0.3, 0.4) is 0 Å². The predicted molar refractivity (Wildman–Crippen MR) is 191 cm³/mol. The normalized spacial score (nSPS) is 12.2. The number of ether oxygens (including phenoxy) is 2. The van der Waals surface area contributed by atoms with Crippen LogP contribution in [0.25, 0.3) is 0 Å². The summed E-state index contributed by atoms with van der Waals surface area (Å²) >= 11 is 0. The largest absolute Gasteiger partial charge is 0.468 e. The molecule has 4 aromatic rings. The van der Waals surface area contributed by atoms with E-state index in [0.29, 0.717) is 34.2 Å². The summed E-state index contributed by atoms with van der Waals surface area (Å²) in [5.74, 6) is -0.635. The molecule has 0 saturated heterocycles. The lowest BCUT2D eigenvalue weighted by Crippen LogP contribution is -2.30. The number of carbonyl (C=O) groups excluding carboxylic acids is 2. The highest BCUT2D eigenvalue weighted by atomic mass is 32.2. The summed E-state index contributed by atoms with van der Waals surface area (Å²) in [5.41, 5.74) is 8.75. The summed E-state index contributed by atoms with van der Waals surface area (Å²) in [5, 5.41) is 11.9. The van der Waals surface area contributed by atoms with Gasteiger partial charge in [0.1, 0.15) is 13.1 Å². The van der Waals surface area contributed by atoms with Gasteiger partial charge in [-0.05, 0) is 61.4 Å². The maximum atomic E-state index is 12.5. The van der Waals surface area contributed by atoms with Crippen molar-refractivity contribution in [3.63, 3.8) is 0 Å². The highest BCUT2D eigenvalue weighted by molar-refractivity contribution is 7.89. The molecule has 268 valence electrons. The highest BCUT2D eigenvalue weighted by Gasteiger charge is 2.17. The molecule has 51 heavy (non-hydrogen) atoms. The van der Waals surface area contributed by atoms with E-state index in [0.717, 1.165) is 19.9 Å². The van der Waals surface area contributed by atoms with E-state index in [-0.39, 0.29) is 15.7 Å². The lowest BCUT2D eigenvalue weighted by atomic mass is 10.1. The molecule has 4 rings (SSSR count). The number of methoxy groups -OCH3 is 2. The zero-order valence-electron chi connectivity index (χ0n) is 27.9. The van der Waals surface area contributed by atoms with Crippen LogP contribution in [0.5, 0.6) is 0 Å². The second-order valence-corrected chi connectivity index (χ2v) is 14.0. The molecule has 0 radical (unpaired) electrons. The monoisotopic (exact) mass is 737 g/mol. The van der Waals surface area contributed by atoms with Gasteiger partial charge in [-0.2, -0.15) is 29.6 Å². The van der Waals surface area contributed by atoms with Gasteiger partial charge in [0, 0.05) is 11.8 Å². The molecule has 0 aliphatic heterocycles. The third-order valence-corrected chi connectivity index (χ3v) is 9.70. The molecule has 0 saturated carbocycles. The summed E-state index contributed by atoms with van der Waals surface area (Å²) in [6, 6.07) is 22.6. The second-order valence-electron chi connectivity index (χ2n) is 10.4. The van der Waals surface area contributed by atoms with Crippen molar-refractivity contribution in [3.8, 4) is 0 Å². The number of carbonyl (C=O) groups is 2. The van der Waals surface area contributed by atoms with Crippen molar-refractivity contribution in [2.24, 2.45) is 10.2 Å². The number of hydrogen-bond donors (Lipinski definition) is 5. The van der Waals surface area contributed by atoms with Crippen molar-refractivity contribution in [3.05, 3.63) is 96.1 Å². The predicted octanol–water partition coefficient (Wildman–Crippen LogP) is 2.80. The van der Waals surface area contributed by atoms with E-state index in [9.17, 15) is 26.4 Å². The summed E-state index contributed by atoms with van der Waals surface area (Å²) in [7, 11) is -5.54. The van der Waals surface area contributed by atoms with Gasteiger partial charge in [0.05, 0.1) is 35.4 Å². The van der Waals surface area contributed by atoms with Crippen LogP contribution in [-0.2, 0) is 39.1 Å². The van der Waals surface area contributed by atoms with Crippen LogP contribution in [0, 0.1) is 0 Å². The van der Waals surface area contributed by atoms with Crippen LogP contribution in [0.2, 0.25) is 0 Å². The molecule has 0 unspecified atom stereocenters. The van der Waals surface area contributed by atoms with Gasteiger partial charge in [-0.15, -0.1) is 0 Å². The van der Waals surface area contributed by atoms with Crippen molar-refractivity contribution >= 4 is 66.7 Å². The number of rotatable bonds is 16. The summed E-state index contributed by atoms with van der Waals surface area (Å²) in [6.07, 6.45) is 0. The van der Waals surface area contributed by atoms with E-state index in [2.05, 4.69) is 55.3 Å². The smallest absolute Gasteiger partial charge is 0.320 e. The van der Waals surface area contributed by atoms with E-state index in [1.165, 1.54) is 24.3 Å². The standard InChI is InChI=1S/C32H35N9O8S2/c1-21(23-10-14-26(15-11-23)50(44,45)33-19-30(42)48-3)38-40-28-18-29(37-32(36-28)35-25-8-6-5-7-9-25)41-39-22(2)24-12-16-27(17-13-24)51(46,47)34-20-31(43)49-4/h5-18,33-34H,19-20H2,1-4H3,(H3,35,36,37,40,41). The third-order valence-electron chi connectivity index (χ3n) is 6.87. The molecular weight excluding hydrogens is 703 g/mol. The fourth-order valence-electron chi connectivity index (χ4n) is 4.05. The molecule has 5 N–H and O–H groups in total. The molecule has 0 aliphatic rings. The van der Waals surface area contributed by atoms with E-state index in [1.807, 2.05) is 30.3 Å². The number of benzene rings is 3. The Hall–Kier alpha value is -5.76. The number of anilines is 4. The van der Waals surface area contributed by atoms with Crippen molar-refractivity contribution in [2.45, 2.75) is 23.6 Å². The molecule has 0 bridgehead atoms. The van der Waals surface area contributed by atoms with Crippen LogP contribution < -0.4 is 25.6 Å². The minimum Gasteiger partial charge on any atom is -0.468 e. The molecule has 0 amide bonds. The Morgan fingerprint density at radius 3 is 1.45 bits per heavy atom. The third kappa shape index (κ3) is 11.1. The van der Waals surface area contributed by atoms with Crippen molar-refractivity contribution < 1.29 is 35.9 Å². The summed E-state index contributed by atoms with van der Waals surface area (Å²) in [4.78, 5) is 31.6. The van der Waals surface area contributed by atoms with Gasteiger partial charge in [-0.1, -0.05) is 42.5 Å². The van der Waals surface area contributed by atoms with Crippen LogP contribution in [0.15, 0.2) is 105 Å². The zero-order chi connectivity index (χ0) is 37.0. The number of hydrogen-bond acceptors (Lipinski definition) is 15. The molecular formula is C32H35N9O8S2. The van der Waals surface area contributed by atoms with Crippen molar-refractivity contribution in [1.82, 2.24) is 19.4 Å². The Kier molecular flexibility index (Phi) is 12.9. The molecule has 0 spiro atoms. The second kappa shape index (κ2) is 17.3. The highest BCUT2D eigenvalue weighted by Crippen LogP contribution is 2.20. The Morgan fingerprint density at radius 1 is 0.647 bits per heavy atom. The fraction of sp³-hybridized carbons (Fsp3) is 0.188. The minimum absolute atomic E-state index is 0.0384. The first-order valence-electron chi connectivity index (χ1n) is 14.9. The molecule has 1 aromatic heterocycles. The number of esters is 2. The van der Waals surface area contributed by atoms with Gasteiger partial charge in [-0.3, -0.25) is 20.4 Å². The maximum Gasteiger partial charge on any atom is 0.320 e. The number of sulfonamides is 2. The van der Waals surface area contributed by atoms with Crippen molar-refractivity contribution in [2.75, 3.05) is 43.5 Å². The Bertz CT molecular complexity index is 2000. The van der Waals surface area contributed by atoms with Gasteiger partial charge >= 0.3 is 11.9 Å². The first-order chi connectivity index (χ1) is 24.3. The first-order valence-corrected chi connectivity index (χ1v) is 17.9. The van der Waals surface area contributed by atoms with E-state index < -0.39 is 45.1 Å². The van der Waals surface area contributed by atoms with Gasteiger partial charge < -0.3 is 14.8 Å². The lowest BCUT2D eigenvalue weighted by Gasteiger charge is -2.11. The molecule has 0 aliphatic carbocycles. The van der Waals surface area contributed by atoms with Crippen LogP contribution in [0.1, 0.15) is 25.0 Å². The Morgan fingerprint density at radius 2 is 1.06 bits per heavy atom. The van der Waals surface area contributed by atoms with Crippen LogP contribution in [0.4, 0.5) is 23.3 Å². The molecule has 3 aromatic carbocycles. The van der Waals surface area contributed by atoms with E-state index in [4.69, 9.17) is 0 Å². The maximum absolute atomic E-state index is 12.5. The average molecular weight is 738 g/mol. The van der Waals surface area contributed by atoms with Gasteiger partial charge in [0.2, 0.25) is 26.0 Å². The van der Waals surface area contributed by atoms with Crippen LogP contribution >= 0.6 is 0 Å². The molecule has 17 nitrogen and oxygen atoms in total. The topological polar surface area (TPSA) is 232 Å². The quantitative estimate of drug-likeness (QED) is 0.0634. The van der Waals surface area contributed by atoms with E-state index in [1.54, 1.807) is 44.2 Å². The van der Waals surface area contributed by atoms with Crippen molar-refractivity contribution in [1.29, 1.82) is 0 Å². The zero-order valence-corrected chi connectivity index (χ0v) is 29.5. The summed E-state index contributed by atoms with van der Waals surface area (Å²) < 4.78 is 63.2. The molecule has 1 heterocycles. The SMILES string of the molecule is COC(=O)CNS(=O)(=O)c1ccc(C(C)=NNc2cc(NN=C(C)c3ccc(S(=O)(=O)NCC(=O)OC)cc3)nc(Nc3ccccc3)n2)cc1. The number of nitrogens with one attached hydrogen (secondary N) is 5. The molecule has 0 atom stereocenters. The number of hydrazone groups is 2.